The third-order valence-corrected chi connectivity index (χ3v) is 6.09. The highest BCUT2D eigenvalue weighted by molar-refractivity contribution is 5.73. The summed E-state index contributed by atoms with van der Waals surface area (Å²) in [5.41, 5.74) is 1.33. The molecule has 1 aromatic carbocycles. The fourth-order valence-electron chi connectivity index (χ4n) is 4.43. The first-order valence-electron chi connectivity index (χ1n) is 10.8. The molecule has 0 atom stereocenters. The zero-order chi connectivity index (χ0) is 20.2. The number of piperidine rings is 1. The summed E-state index contributed by atoms with van der Waals surface area (Å²) < 4.78 is 7.80. The van der Waals surface area contributed by atoms with Gasteiger partial charge in [-0.2, -0.15) is 0 Å². The molecule has 4 rings (SSSR count). The van der Waals surface area contributed by atoms with Gasteiger partial charge in [0.05, 0.1) is 6.61 Å². The maximum atomic E-state index is 11.7. The highest BCUT2D eigenvalue weighted by Crippen LogP contribution is 2.29. The Hall–Kier alpha value is -2.41. The van der Waals surface area contributed by atoms with Crippen LogP contribution in [-0.4, -0.2) is 63.3 Å². The van der Waals surface area contributed by atoms with Crippen LogP contribution in [0.1, 0.15) is 49.8 Å². The van der Waals surface area contributed by atoms with Crippen LogP contribution in [-0.2, 0) is 24.3 Å². The van der Waals surface area contributed by atoms with Gasteiger partial charge in [-0.1, -0.05) is 12.1 Å². The number of hydrogen-bond donors (Lipinski definition) is 0. The lowest BCUT2D eigenvalue weighted by molar-refractivity contribution is -0.128. The van der Waals surface area contributed by atoms with Crippen LogP contribution in [0.15, 0.2) is 24.3 Å². The summed E-state index contributed by atoms with van der Waals surface area (Å²) in [5, 5.41) is 8.99. The van der Waals surface area contributed by atoms with Gasteiger partial charge in [-0.15, -0.1) is 10.2 Å². The molecule has 7 nitrogen and oxygen atoms in total. The SMILES string of the molecule is CCOc1ccc(CN2CCC(c3nnc4n3CCN(C(C)=O)CC4)CC2)cc1. The first-order valence-corrected chi connectivity index (χ1v) is 10.8. The molecule has 0 radical (unpaired) electrons. The average Bonchev–Trinajstić information content (AvgIpc) is 3.00. The number of likely N-dealkylation sites (tertiary alicyclic amines) is 1. The summed E-state index contributed by atoms with van der Waals surface area (Å²) >= 11 is 0. The van der Waals surface area contributed by atoms with Crippen LogP contribution < -0.4 is 4.74 Å². The second-order valence-corrected chi connectivity index (χ2v) is 8.01. The van der Waals surface area contributed by atoms with Crippen LogP contribution in [0.5, 0.6) is 5.75 Å². The van der Waals surface area contributed by atoms with E-state index in [0.29, 0.717) is 12.5 Å². The molecule has 156 valence electrons. The smallest absolute Gasteiger partial charge is 0.219 e. The van der Waals surface area contributed by atoms with E-state index >= 15 is 0 Å². The molecule has 0 spiro atoms. The third-order valence-electron chi connectivity index (χ3n) is 6.09. The minimum atomic E-state index is 0.146. The first kappa shape index (κ1) is 19.9. The van der Waals surface area contributed by atoms with Gasteiger partial charge in [0.1, 0.15) is 17.4 Å². The van der Waals surface area contributed by atoms with Crippen molar-refractivity contribution >= 4 is 5.91 Å². The molecule has 3 heterocycles. The fourth-order valence-corrected chi connectivity index (χ4v) is 4.43. The number of amides is 1. The Morgan fingerprint density at radius 3 is 2.52 bits per heavy atom. The lowest BCUT2D eigenvalue weighted by Gasteiger charge is -2.31. The van der Waals surface area contributed by atoms with Gasteiger partial charge < -0.3 is 14.2 Å². The van der Waals surface area contributed by atoms with Gasteiger partial charge in [-0.3, -0.25) is 9.69 Å². The molecule has 1 fully saturated rings. The summed E-state index contributed by atoms with van der Waals surface area (Å²) in [6.07, 6.45) is 3.00. The number of rotatable bonds is 5. The van der Waals surface area contributed by atoms with Crippen molar-refractivity contribution in [2.45, 2.75) is 52.1 Å². The highest BCUT2D eigenvalue weighted by Gasteiger charge is 2.27. The van der Waals surface area contributed by atoms with Crippen molar-refractivity contribution in [3.05, 3.63) is 41.5 Å². The molecule has 2 aromatic rings. The lowest BCUT2D eigenvalue weighted by Crippen LogP contribution is -2.34. The van der Waals surface area contributed by atoms with E-state index in [9.17, 15) is 4.79 Å². The maximum Gasteiger partial charge on any atom is 0.219 e. The van der Waals surface area contributed by atoms with E-state index in [1.165, 1.54) is 5.56 Å². The Balaban J connectivity index is 1.33. The Morgan fingerprint density at radius 2 is 1.83 bits per heavy atom. The van der Waals surface area contributed by atoms with Crippen molar-refractivity contribution in [1.29, 1.82) is 0 Å². The molecule has 2 aliphatic heterocycles. The van der Waals surface area contributed by atoms with Gasteiger partial charge in [0.25, 0.3) is 0 Å². The van der Waals surface area contributed by atoms with Crippen molar-refractivity contribution < 1.29 is 9.53 Å². The topological polar surface area (TPSA) is 63.5 Å². The van der Waals surface area contributed by atoms with E-state index in [2.05, 4.69) is 43.9 Å². The van der Waals surface area contributed by atoms with Gasteiger partial charge in [-0.05, 0) is 50.6 Å². The molecule has 0 aliphatic carbocycles. The molecule has 1 saturated heterocycles. The van der Waals surface area contributed by atoms with Gasteiger partial charge in [0.2, 0.25) is 5.91 Å². The van der Waals surface area contributed by atoms with Crippen LogP contribution in [0.2, 0.25) is 0 Å². The van der Waals surface area contributed by atoms with Crippen LogP contribution in [0.25, 0.3) is 0 Å². The van der Waals surface area contributed by atoms with E-state index in [0.717, 1.165) is 75.9 Å². The van der Waals surface area contributed by atoms with E-state index in [1.807, 2.05) is 11.8 Å². The Bertz CT molecular complexity index is 824. The van der Waals surface area contributed by atoms with Crippen molar-refractivity contribution in [2.24, 2.45) is 0 Å². The summed E-state index contributed by atoms with van der Waals surface area (Å²) in [6, 6.07) is 8.44. The molecule has 0 bridgehead atoms. The number of benzene rings is 1. The molecule has 0 saturated carbocycles. The summed E-state index contributed by atoms with van der Waals surface area (Å²) in [6.45, 7) is 9.77. The van der Waals surface area contributed by atoms with Crippen LogP contribution in [0.4, 0.5) is 0 Å². The molecule has 0 N–H and O–H groups in total. The van der Waals surface area contributed by atoms with Crippen LogP contribution in [0.3, 0.4) is 0 Å². The molecular weight excluding hydrogens is 366 g/mol. The molecule has 7 heteroatoms. The summed E-state index contributed by atoms with van der Waals surface area (Å²) in [7, 11) is 0. The molecule has 0 unspecified atom stereocenters. The van der Waals surface area contributed by atoms with E-state index in [4.69, 9.17) is 4.74 Å². The highest BCUT2D eigenvalue weighted by atomic mass is 16.5. The number of nitrogens with zero attached hydrogens (tertiary/aromatic N) is 5. The zero-order valence-corrected chi connectivity index (χ0v) is 17.5. The number of ether oxygens (including phenoxy) is 1. The van der Waals surface area contributed by atoms with Crippen LogP contribution >= 0.6 is 0 Å². The monoisotopic (exact) mass is 397 g/mol. The Labute approximate surface area is 172 Å². The molecule has 2 aliphatic rings. The first-order chi connectivity index (χ1) is 14.1. The zero-order valence-electron chi connectivity index (χ0n) is 17.5. The van der Waals surface area contributed by atoms with Gasteiger partial charge in [0, 0.05) is 45.4 Å². The average molecular weight is 398 g/mol. The molecular formula is C22H31N5O2. The van der Waals surface area contributed by atoms with Crippen LogP contribution in [0, 0.1) is 0 Å². The molecule has 1 amide bonds. The minimum absolute atomic E-state index is 0.146. The van der Waals surface area contributed by atoms with E-state index in [1.54, 1.807) is 6.92 Å². The minimum Gasteiger partial charge on any atom is -0.494 e. The fraction of sp³-hybridized carbons (Fsp3) is 0.591. The van der Waals surface area contributed by atoms with Crippen molar-refractivity contribution in [3.63, 3.8) is 0 Å². The Morgan fingerprint density at radius 1 is 1.07 bits per heavy atom. The predicted molar refractivity (Wildman–Crippen MR) is 111 cm³/mol. The Kier molecular flexibility index (Phi) is 6.13. The summed E-state index contributed by atoms with van der Waals surface area (Å²) in [5.74, 6) is 3.68. The number of aromatic nitrogens is 3. The number of hydrogen-bond acceptors (Lipinski definition) is 5. The number of fused-ring (bicyclic) bond motifs is 1. The second kappa shape index (κ2) is 8.95. The van der Waals surface area contributed by atoms with Gasteiger partial charge in [-0.25, -0.2) is 0 Å². The molecule has 29 heavy (non-hydrogen) atoms. The summed E-state index contributed by atoms with van der Waals surface area (Å²) in [4.78, 5) is 16.1. The van der Waals surface area contributed by atoms with Gasteiger partial charge >= 0.3 is 0 Å². The van der Waals surface area contributed by atoms with Crippen molar-refractivity contribution in [3.8, 4) is 5.75 Å². The largest absolute Gasteiger partial charge is 0.494 e. The number of carbonyl (C=O) groups excluding carboxylic acids is 1. The van der Waals surface area contributed by atoms with E-state index < -0.39 is 0 Å². The predicted octanol–water partition coefficient (Wildman–Crippen LogP) is 2.46. The normalized spacial score (nSPS) is 18.3. The van der Waals surface area contributed by atoms with E-state index in [-0.39, 0.29) is 5.91 Å². The molecule has 1 aromatic heterocycles. The van der Waals surface area contributed by atoms with Gasteiger partial charge in [0.15, 0.2) is 0 Å². The third kappa shape index (κ3) is 4.61. The van der Waals surface area contributed by atoms with Crippen molar-refractivity contribution in [2.75, 3.05) is 32.8 Å². The number of carbonyl (C=O) groups is 1. The maximum absolute atomic E-state index is 11.7. The van der Waals surface area contributed by atoms with Crippen molar-refractivity contribution in [1.82, 2.24) is 24.6 Å². The quantitative estimate of drug-likeness (QED) is 0.776. The standard InChI is InChI=1S/C22H31N5O2/c1-3-29-20-6-4-18(5-7-20)16-25-11-8-19(9-12-25)22-24-23-21-10-13-26(17(2)28)14-15-27(21)22/h4-7,19H,3,8-16H2,1-2H3. The second-order valence-electron chi connectivity index (χ2n) is 8.01. The lowest BCUT2D eigenvalue weighted by atomic mass is 9.95.